The van der Waals surface area contributed by atoms with Gasteiger partial charge in [0.15, 0.2) is 17.5 Å². The molecule has 0 amide bonds. The molecule has 9 heteroatoms. The lowest BCUT2D eigenvalue weighted by atomic mass is 10.00. The van der Waals surface area contributed by atoms with Crippen LogP contribution in [-0.4, -0.2) is 12.1 Å². The van der Waals surface area contributed by atoms with E-state index in [4.69, 9.17) is 0 Å². The molecule has 102 valence electrons. The molecule has 0 aliphatic rings. The maximum atomic E-state index is 13.0. The van der Waals surface area contributed by atoms with Crippen LogP contribution in [0.3, 0.4) is 0 Å². The molecule has 18 heavy (non-hydrogen) atoms. The summed E-state index contributed by atoms with van der Waals surface area (Å²) in [6.07, 6.45) is -6.04. The average Bonchev–Trinajstić information content (AvgIpc) is 2.24. The minimum atomic E-state index is -6.04. The van der Waals surface area contributed by atoms with Gasteiger partial charge in [-0.25, -0.2) is 13.2 Å². The number of nitrogens with two attached hydrogens (primary N) is 1. The molecule has 0 saturated carbocycles. The summed E-state index contributed by atoms with van der Waals surface area (Å²) in [5, 5.41) is 0. The first kappa shape index (κ1) is 14.7. The zero-order valence-corrected chi connectivity index (χ0v) is 8.33. The van der Waals surface area contributed by atoms with Gasteiger partial charge >= 0.3 is 12.1 Å². The Morgan fingerprint density at radius 1 is 0.889 bits per heavy atom. The number of alkyl halides is 5. The van der Waals surface area contributed by atoms with Gasteiger partial charge in [0.05, 0.1) is 0 Å². The molecule has 0 unspecified atom stereocenters. The number of benzene rings is 1. The molecule has 0 fully saturated rings. The molecule has 1 nitrogen and oxygen atoms in total. The Bertz CT molecular complexity index is 453. The van der Waals surface area contributed by atoms with Crippen LogP contribution in [0.4, 0.5) is 35.1 Å². The smallest absolute Gasteiger partial charge is 0.319 e. The molecule has 2 N–H and O–H groups in total. The summed E-state index contributed by atoms with van der Waals surface area (Å²) in [4.78, 5) is 0. The van der Waals surface area contributed by atoms with Crippen molar-refractivity contribution in [3.05, 3.63) is 35.1 Å². The van der Waals surface area contributed by atoms with Crippen molar-refractivity contribution in [2.45, 2.75) is 18.1 Å². The normalized spacial score (nSPS) is 14.7. The molecule has 1 rings (SSSR count). The summed E-state index contributed by atoms with van der Waals surface area (Å²) in [6.45, 7) is 0. The zero-order valence-electron chi connectivity index (χ0n) is 8.33. The van der Waals surface area contributed by atoms with Gasteiger partial charge in [-0.2, -0.15) is 22.0 Å². The SMILES string of the molecule is N[C@H](c1ccc(F)c(F)c1F)C(F)(F)C(F)(F)F. The molecular formula is C9H5F8N. The molecular weight excluding hydrogens is 274 g/mol. The lowest BCUT2D eigenvalue weighted by Gasteiger charge is -2.26. The van der Waals surface area contributed by atoms with Crippen molar-refractivity contribution < 1.29 is 35.1 Å². The highest BCUT2D eigenvalue weighted by atomic mass is 19.4. The Morgan fingerprint density at radius 3 is 1.83 bits per heavy atom. The van der Waals surface area contributed by atoms with E-state index in [1.165, 1.54) is 0 Å². The highest BCUT2D eigenvalue weighted by molar-refractivity contribution is 5.25. The molecule has 1 atom stereocenters. The number of hydrogen-bond acceptors (Lipinski definition) is 1. The van der Waals surface area contributed by atoms with Crippen molar-refractivity contribution in [1.82, 2.24) is 0 Å². The van der Waals surface area contributed by atoms with Crippen LogP contribution >= 0.6 is 0 Å². The van der Waals surface area contributed by atoms with Crippen molar-refractivity contribution in [3.8, 4) is 0 Å². The van der Waals surface area contributed by atoms with E-state index in [1.807, 2.05) is 0 Å². The second kappa shape index (κ2) is 4.38. The van der Waals surface area contributed by atoms with Gasteiger partial charge in [0.1, 0.15) is 6.04 Å². The first-order chi connectivity index (χ1) is 8.00. The predicted octanol–water partition coefficient (Wildman–Crippen LogP) is 3.30. The summed E-state index contributed by atoms with van der Waals surface area (Å²) in [5.74, 6) is -11.5. The molecule has 0 spiro atoms. The van der Waals surface area contributed by atoms with Crippen LogP contribution in [0, 0.1) is 17.5 Å². The third kappa shape index (κ3) is 2.26. The van der Waals surface area contributed by atoms with E-state index in [1.54, 1.807) is 0 Å². The van der Waals surface area contributed by atoms with Crippen molar-refractivity contribution in [2.24, 2.45) is 5.73 Å². The molecule has 1 aromatic rings. The molecule has 0 aliphatic heterocycles. The van der Waals surface area contributed by atoms with Gasteiger partial charge in [-0.3, -0.25) is 0 Å². The third-order valence-electron chi connectivity index (χ3n) is 2.17. The van der Waals surface area contributed by atoms with Crippen LogP contribution in [0.25, 0.3) is 0 Å². The lowest BCUT2D eigenvalue weighted by molar-refractivity contribution is -0.291. The molecule has 0 aromatic heterocycles. The topological polar surface area (TPSA) is 26.0 Å². The number of rotatable bonds is 2. The van der Waals surface area contributed by atoms with Gasteiger partial charge < -0.3 is 5.73 Å². The van der Waals surface area contributed by atoms with E-state index in [0.29, 0.717) is 0 Å². The minimum absolute atomic E-state index is 0.208. The van der Waals surface area contributed by atoms with Crippen LogP contribution in [0.2, 0.25) is 0 Å². The van der Waals surface area contributed by atoms with E-state index < -0.39 is 41.2 Å². The fourth-order valence-electron chi connectivity index (χ4n) is 1.15. The molecule has 0 aliphatic carbocycles. The van der Waals surface area contributed by atoms with Crippen LogP contribution in [0.5, 0.6) is 0 Å². The molecule has 0 radical (unpaired) electrons. The Labute approximate surface area is 95.2 Å². The van der Waals surface area contributed by atoms with Crippen molar-refractivity contribution in [2.75, 3.05) is 0 Å². The van der Waals surface area contributed by atoms with Crippen LogP contribution in [-0.2, 0) is 0 Å². The summed E-state index contributed by atoms with van der Waals surface area (Å²) in [5.41, 5.74) is 3.12. The predicted molar refractivity (Wildman–Crippen MR) is 44.2 cm³/mol. The Hall–Kier alpha value is -1.38. The maximum absolute atomic E-state index is 13.0. The standard InChI is InChI=1S/C9H5F8N/c10-4-2-1-3(5(11)6(4)12)7(18)8(13,14)9(15,16)17/h1-2,7H,18H2/t7-/m1/s1. The van der Waals surface area contributed by atoms with E-state index in [2.05, 4.69) is 5.73 Å². The quantitative estimate of drug-likeness (QED) is 0.652. The minimum Gasteiger partial charge on any atom is -0.319 e. The number of halogens is 8. The largest absolute Gasteiger partial charge is 0.455 e. The van der Waals surface area contributed by atoms with Crippen molar-refractivity contribution in [3.63, 3.8) is 0 Å². The zero-order chi connectivity index (χ0) is 14.3. The van der Waals surface area contributed by atoms with Crippen molar-refractivity contribution >= 4 is 0 Å². The lowest BCUT2D eigenvalue weighted by Crippen LogP contribution is -2.46. The molecule has 1 aromatic carbocycles. The van der Waals surface area contributed by atoms with Gasteiger partial charge in [0, 0.05) is 5.56 Å². The fraction of sp³-hybridized carbons (Fsp3) is 0.333. The van der Waals surface area contributed by atoms with Gasteiger partial charge in [0.25, 0.3) is 0 Å². The van der Waals surface area contributed by atoms with E-state index >= 15 is 0 Å². The van der Waals surface area contributed by atoms with Gasteiger partial charge in [-0.1, -0.05) is 6.07 Å². The molecule has 0 saturated heterocycles. The van der Waals surface area contributed by atoms with Gasteiger partial charge in [-0.15, -0.1) is 0 Å². The summed E-state index contributed by atoms with van der Waals surface area (Å²) in [6, 6.07) is -2.73. The Morgan fingerprint density at radius 2 is 1.39 bits per heavy atom. The van der Waals surface area contributed by atoms with Crippen molar-refractivity contribution in [1.29, 1.82) is 0 Å². The molecule has 0 bridgehead atoms. The van der Waals surface area contributed by atoms with E-state index in [0.717, 1.165) is 0 Å². The summed E-state index contributed by atoms with van der Waals surface area (Å²) >= 11 is 0. The summed E-state index contributed by atoms with van der Waals surface area (Å²) < 4.78 is 99.7. The first-order valence-electron chi connectivity index (χ1n) is 4.33. The highest BCUT2D eigenvalue weighted by Gasteiger charge is 2.62. The summed E-state index contributed by atoms with van der Waals surface area (Å²) in [7, 11) is 0. The Kier molecular flexibility index (Phi) is 3.57. The number of hydrogen-bond donors (Lipinski definition) is 1. The fourth-order valence-corrected chi connectivity index (χ4v) is 1.15. The van der Waals surface area contributed by atoms with E-state index in [-0.39, 0.29) is 12.1 Å². The monoisotopic (exact) mass is 279 g/mol. The van der Waals surface area contributed by atoms with Crippen LogP contribution in [0.15, 0.2) is 12.1 Å². The second-order valence-electron chi connectivity index (χ2n) is 3.36. The average molecular weight is 279 g/mol. The van der Waals surface area contributed by atoms with Crippen LogP contribution < -0.4 is 5.73 Å². The third-order valence-corrected chi connectivity index (χ3v) is 2.17. The van der Waals surface area contributed by atoms with E-state index in [9.17, 15) is 35.1 Å². The first-order valence-corrected chi connectivity index (χ1v) is 4.33. The van der Waals surface area contributed by atoms with Gasteiger partial charge in [0.2, 0.25) is 0 Å². The molecule has 0 heterocycles. The highest BCUT2D eigenvalue weighted by Crippen LogP contribution is 2.43. The second-order valence-corrected chi connectivity index (χ2v) is 3.36. The Balaban J connectivity index is 3.28. The van der Waals surface area contributed by atoms with Gasteiger partial charge in [-0.05, 0) is 6.07 Å². The maximum Gasteiger partial charge on any atom is 0.455 e. The van der Waals surface area contributed by atoms with Crippen LogP contribution in [0.1, 0.15) is 11.6 Å².